The molecule has 2 aromatic rings. The van der Waals surface area contributed by atoms with Crippen LogP contribution in [0.15, 0.2) is 16.9 Å². The lowest BCUT2D eigenvalue weighted by atomic mass is 10.1. The first kappa shape index (κ1) is 17.2. The number of nitrogens with one attached hydrogen (secondary N) is 1. The molecule has 1 aromatic carbocycles. The van der Waals surface area contributed by atoms with Crippen molar-refractivity contribution in [2.75, 3.05) is 13.2 Å². The fourth-order valence-corrected chi connectivity index (χ4v) is 3.30. The molecule has 0 unspecified atom stereocenters. The maximum Gasteiger partial charge on any atom is 0.302 e. The van der Waals surface area contributed by atoms with Gasteiger partial charge in [-0.3, -0.25) is 14.4 Å². The molecule has 0 saturated heterocycles. The van der Waals surface area contributed by atoms with Gasteiger partial charge in [0, 0.05) is 22.0 Å². The molecule has 0 aliphatic rings. The molecule has 0 aliphatic carbocycles. The second-order valence-corrected chi connectivity index (χ2v) is 6.24. The van der Waals surface area contributed by atoms with Crippen molar-refractivity contribution < 1.29 is 19.4 Å². The average molecular weight is 356 g/mol. The first-order valence-corrected chi connectivity index (χ1v) is 7.88. The Balaban J connectivity index is 2.35. The Morgan fingerprint density at radius 1 is 1.39 bits per heavy atom. The Kier molecular flexibility index (Phi) is 5.23. The normalized spacial score (nSPS) is 10.6. The highest BCUT2D eigenvalue weighted by molar-refractivity contribution is 7.20. The number of amides is 1. The van der Waals surface area contributed by atoms with Gasteiger partial charge in [-0.1, -0.05) is 22.9 Å². The van der Waals surface area contributed by atoms with Gasteiger partial charge in [-0.05, 0) is 24.6 Å². The van der Waals surface area contributed by atoms with Crippen LogP contribution in [0.3, 0.4) is 0 Å². The third-order valence-corrected chi connectivity index (χ3v) is 4.41. The third kappa shape index (κ3) is 3.80. The zero-order valence-electron chi connectivity index (χ0n) is 12.4. The van der Waals surface area contributed by atoms with Crippen LogP contribution < -0.4 is 10.7 Å². The lowest BCUT2D eigenvalue weighted by Crippen LogP contribution is -2.31. The van der Waals surface area contributed by atoms with Crippen molar-refractivity contribution in [2.24, 2.45) is 0 Å². The van der Waals surface area contributed by atoms with E-state index in [1.54, 1.807) is 13.0 Å². The standard InChI is InChI=1S/C15H14ClNO5S/c1-7-5-9(16)6-10-12(19)11(15(21)23-13(7)10)14(20)17-3-4-22-8(2)18/h5-6,21H,3-4H2,1-2H3,(H,17,20). The second-order valence-electron chi connectivity index (χ2n) is 4.81. The summed E-state index contributed by atoms with van der Waals surface area (Å²) < 4.78 is 5.26. The van der Waals surface area contributed by atoms with Gasteiger partial charge >= 0.3 is 5.97 Å². The van der Waals surface area contributed by atoms with Crippen molar-refractivity contribution in [3.63, 3.8) is 0 Å². The van der Waals surface area contributed by atoms with Gasteiger partial charge in [-0.2, -0.15) is 0 Å². The number of benzene rings is 1. The molecule has 6 nitrogen and oxygen atoms in total. The molecule has 0 spiro atoms. The summed E-state index contributed by atoms with van der Waals surface area (Å²) >= 11 is 6.89. The van der Waals surface area contributed by atoms with Crippen molar-refractivity contribution in [1.29, 1.82) is 0 Å². The monoisotopic (exact) mass is 355 g/mol. The predicted octanol–water partition coefficient (Wildman–Crippen LogP) is 2.22. The molecule has 1 amide bonds. The van der Waals surface area contributed by atoms with Gasteiger partial charge in [0.05, 0.1) is 6.54 Å². The van der Waals surface area contributed by atoms with Crippen LogP contribution in [0, 0.1) is 6.92 Å². The molecule has 0 bridgehead atoms. The lowest BCUT2D eigenvalue weighted by molar-refractivity contribution is -0.140. The van der Waals surface area contributed by atoms with Crippen molar-refractivity contribution in [3.8, 4) is 5.06 Å². The molecule has 1 aromatic heterocycles. The van der Waals surface area contributed by atoms with E-state index in [1.165, 1.54) is 13.0 Å². The molecule has 2 rings (SSSR count). The summed E-state index contributed by atoms with van der Waals surface area (Å²) in [5.74, 6) is -1.19. The number of fused-ring (bicyclic) bond motifs is 1. The molecule has 0 radical (unpaired) electrons. The highest BCUT2D eigenvalue weighted by Crippen LogP contribution is 2.31. The lowest BCUT2D eigenvalue weighted by Gasteiger charge is -2.08. The van der Waals surface area contributed by atoms with Crippen LogP contribution in [0.2, 0.25) is 5.02 Å². The van der Waals surface area contributed by atoms with E-state index >= 15 is 0 Å². The number of hydrogen-bond donors (Lipinski definition) is 2. The fraction of sp³-hybridized carbons (Fsp3) is 0.267. The number of halogens is 1. The van der Waals surface area contributed by atoms with Crippen molar-refractivity contribution >= 4 is 44.9 Å². The summed E-state index contributed by atoms with van der Waals surface area (Å²) in [6, 6.07) is 3.15. The van der Waals surface area contributed by atoms with E-state index in [-0.39, 0.29) is 29.2 Å². The van der Waals surface area contributed by atoms with Crippen molar-refractivity contribution in [1.82, 2.24) is 5.32 Å². The minimum atomic E-state index is -0.726. The van der Waals surface area contributed by atoms with Crippen LogP contribution in [0.5, 0.6) is 5.06 Å². The quantitative estimate of drug-likeness (QED) is 0.648. The van der Waals surface area contributed by atoms with Crippen LogP contribution in [0.25, 0.3) is 10.1 Å². The van der Waals surface area contributed by atoms with Gasteiger partial charge < -0.3 is 15.2 Å². The van der Waals surface area contributed by atoms with Crippen molar-refractivity contribution in [2.45, 2.75) is 13.8 Å². The molecule has 0 fully saturated rings. The smallest absolute Gasteiger partial charge is 0.302 e. The zero-order valence-corrected chi connectivity index (χ0v) is 14.0. The molecule has 8 heteroatoms. The Hall–Kier alpha value is -2.12. The summed E-state index contributed by atoms with van der Waals surface area (Å²) in [6.07, 6.45) is 0. The predicted molar refractivity (Wildman–Crippen MR) is 88.5 cm³/mol. The maximum absolute atomic E-state index is 12.5. The Bertz CT molecular complexity index is 846. The van der Waals surface area contributed by atoms with E-state index in [2.05, 4.69) is 10.1 Å². The average Bonchev–Trinajstić information content (AvgIpc) is 2.45. The Labute approximate surface area is 140 Å². The topological polar surface area (TPSA) is 92.7 Å². The minimum absolute atomic E-state index is 0.0159. The van der Waals surface area contributed by atoms with E-state index in [4.69, 9.17) is 11.6 Å². The van der Waals surface area contributed by atoms with Crippen LogP contribution >= 0.6 is 22.9 Å². The van der Waals surface area contributed by atoms with Gasteiger partial charge in [0.15, 0.2) is 5.06 Å². The highest BCUT2D eigenvalue weighted by Gasteiger charge is 2.20. The number of rotatable bonds is 4. The summed E-state index contributed by atoms with van der Waals surface area (Å²) in [4.78, 5) is 35.2. The third-order valence-electron chi connectivity index (χ3n) is 3.04. The number of carbonyl (C=O) groups excluding carboxylic acids is 2. The number of ether oxygens (including phenoxy) is 1. The Morgan fingerprint density at radius 3 is 2.74 bits per heavy atom. The van der Waals surface area contributed by atoms with Gasteiger partial charge in [-0.25, -0.2) is 0 Å². The van der Waals surface area contributed by atoms with Crippen LogP contribution in [0.4, 0.5) is 0 Å². The van der Waals surface area contributed by atoms with Crippen LogP contribution in [0.1, 0.15) is 22.8 Å². The fourth-order valence-electron chi connectivity index (χ4n) is 2.06. The van der Waals surface area contributed by atoms with Crippen LogP contribution in [-0.4, -0.2) is 30.1 Å². The number of aromatic hydroxyl groups is 1. The molecule has 2 N–H and O–H groups in total. The van der Waals surface area contributed by atoms with E-state index < -0.39 is 17.3 Å². The highest BCUT2D eigenvalue weighted by atomic mass is 35.5. The maximum atomic E-state index is 12.5. The van der Waals surface area contributed by atoms with Gasteiger partial charge in [0.1, 0.15) is 12.2 Å². The molecule has 0 aliphatic heterocycles. The molecule has 0 atom stereocenters. The summed E-state index contributed by atoms with van der Waals surface area (Å²) in [7, 11) is 0. The largest absolute Gasteiger partial charge is 0.499 e. The number of aryl methyl sites for hydroxylation is 1. The van der Waals surface area contributed by atoms with E-state index in [0.29, 0.717) is 9.72 Å². The summed E-state index contributed by atoms with van der Waals surface area (Å²) in [5, 5.41) is 12.8. The molecule has 23 heavy (non-hydrogen) atoms. The zero-order chi connectivity index (χ0) is 17.1. The van der Waals surface area contributed by atoms with Gasteiger partial charge in [-0.15, -0.1) is 0 Å². The number of esters is 1. The van der Waals surface area contributed by atoms with E-state index in [9.17, 15) is 19.5 Å². The molecule has 1 heterocycles. The minimum Gasteiger partial charge on any atom is -0.499 e. The SMILES string of the molecule is CC(=O)OCCNC(=O)c1c(O)sc2c(C)cc(Cl)cc2c1=O. The van der Waals surface area contributed by atoms with Gasteiger partial charge in [0.25, 0.3) is 5.91 Å². The molecular formula is C15H14ClNO5S. The molecule has 0 saturated carbocycles. The number of carbonyl (C=O) groups is 2. The van der Waals surface area contributed by atoms with Crippen molar-refractivity contribution in [3.05, 3.63) is 38.5 Å². The first-order chi connectivity index (χ1) is 10.8. The number of hydrogen-bond acceptors (Lipinski definition) is 6. The summed E-state index contributed by atoms with van der Waals surface area (Å²) in [6.45, 7) is 3.04. The van der Waals surface area contributed by atoms with E-state index in [1.807, 2.05) is 0 Å². The van der Waals surface area contributed by atoms with E-state index in [0.717, 1.165) is 16.9 Å². The first-order valence-electron chi connectivity index (χ1n) is 6.68. The van der Waals surface area contributed by atoms with Gasteiger partial charge in [0.2, 0.25) is 5.43 Å². The second kappa shape index (κ2) is 6.97. The summed E-state index contributed by atoms with van der Waals surface area (Å²) in [5.41, 5.74) is -0.189. The molecular weight excluding hydrogens is 342 g/mol. The Morgan fingerprint density at radius 2 is 2.09 bits per heavy atom. The van der Waals surface area contributed by atoms with Crippen LogP contribution in [-0.2, 0) is 9.53 Å². The molecule has 122 valence electrons.